The molecule has 0 spiro atoms. The van der Waals surface area contributed by atoms with Crippen molar-refractivity contribution in [2.75, 3.05) is 12.3 Å². The van der Waals surface area contributed by atoms with Gasteiger partial charge in [-0.2, -0.15) is 0 Å². The lowest BCUT2D eigenvalue weighted by Gasteiger charge is -2.36. The van der Waals surface area contributed by atoms with Crippen molar-refractivity contribution in [3.8, 4) is 0 Å². The van der Waals surface area contributed by atoms with Crippen LogP contribution in [0.1, 0.15) is 132 Å². The monoisotopic (exact) mass is 693 g/mol. The minimum atomic E-state index is -3.43. The molecule has 11 heteroatoms. The maximum absolute atomic E-state index is 14.1. The van der Waals surface area contributed by atoms with Gasteiger partial charge in [-0.25, -0.2) is 13.2 Å². The SMILES string of the molecule is C=CCCC(CC(=O)[C@@H]1[C@H]2C[C@H]2CN1C(=O)[C@@H](NC(=O)NC(C)(C)C)C1CCCCC1)C(=O)C(=O)CCCS(=O)(=O)C(C)(C)C.CCC. The molecule has 0 aromatic heterocycles. The molecule has 2 N–H and O–H groups in total. The zero-order valence-corrected chi connectivity index (χ0v) is 31.7. The maximum atomic E-state index is 14.1. The number of fused-ring (bicyclic) bond motifs is 1. The normalized spacial score (nSPS) is 22.3. The predicted octanol–water partition coefficient (Wildman–Crippen LogP) is 5.97. The third-order valence-corrected chi connectivity index (χ3v) is 12.2. The number of nitrogens with one attached hydrogen (secondary N) is 2. The number of urea groups is 1. The Morgan fingerprint density at radius 2 is 1.58 bits per heavy atom. The van der Waals surface area contributed by atoms with E-state index in [1.54, 1.807) is 31.7 Å². The van der Waals surface area contributed by atoms with Crippen LogP contribution in [0, 0.1) is 23.7 Å². The van der Waals surface area contributed by atoms with E-state index in [4.69, 9.17) is 0 Å². The second-order valence-electron chi connectivity index (χ2n) is 16.1. The summed E-state index contributed by atoms with van der Waals surface area (Å²) in [5.41, 5.74) is -0.483. The van der Waals surface area contributed by atoms with Gasteiger partial charge >= 0.3 is 6.03 Å². The number of hydrogen-bond acceptors (Lipinski definition) is 7. The average molecular weight is 694 g/mol. The lowest BCUT2D eigenvalue weighted by atomic mass is 9.83. The van der Waals surface area contributed by atoms with E-state index in [2.05, 4.69) is 31.1 Å². The fourth-order valence-electron chi connectivity index (χ4n) is 6.74. The highest BCUT2D eigenvalue weighted by Gasteiger charge is 2.57. The number of Topliss-reactive ketones (excluding diaryl/α,β-unsaturated/α-hetero) is 3. The Bertz CT molecular complexity index is 1260. The molecule has 3 fully saturated rings. The summed E-state index contributed by atoms with van der Waals surface area (Å²) in [4.78, 5) is 68.8. The van der Waals surface area contributed by atoms with Gasteiger partial charge in [0.2, 0.25) is 11.7 Å². The van der Waals surface area contributed by atoms with Crippen LogP contribution in [0.4, 0.5) is 4.79 Å². The molecule has 1 saturated heterocycles. The summed E-state index contributed by atoms with van der Waals surface area (Å²) < 4.78 is 23.9. The first kappa shape index (κ1) is 41.6. The van der Waals surface area contributed by atoms with Gasteiger partial charge in [0.25, 0.3) is 0 Å². The Kier molecular flexibility index (Phi) is 15.5. The summed E-state index contributed by atoms with van der Waals surface area (Å²) in [5.74, 6) is -2.66. The lowest BCUT2D eigenvalue weighted by Crippen LogP contribution is -2.59. The summed E-state index contributed by atoms with van der Waals surface area (Å²) in [6.07, 6.45) is 8.80. The molecule has 10 nitrogen and oxygen atoms in total. The van der Waals surface area contributed by atoms with Crippen molar-refractivity contribution in [2.45, 2.75) is 155 Å². The van der Waals surface area contributed by atoms with Crippen LogP contribution < -0.4 is 10.6 Å². The van der Waals surface area contributed by atoms with Gasteiger partial charge in [-0.15, -0.1) is 6.58 Å². The molecule has 2 saturated carbocycles. The number of carbonyl (C=O) groups excluding carboxylic acids is 5. The van der Waals surface area contributed by atoms with Crippen LogP contribution in [-0.4, -0.2) is 77.3 Å². The van der Waals surface area contributed by atoms with Gasteiger partial charge < -0.3 is 15.5 Å². The Labute approximate surface area is 289 Å². The van der Waals surface area contributed by atoms with Crippen molar-refractivity contribution in [3.63, 3.8) is 0 Å². The molecule has 3 aliphatic rings. The largest absolute Gasteiger partial charge is 0.334 e. The molecule has 1 aliphatic heterocycles. The summed E-state index contributed by atoms with van der Waals surface area (Å²) >= 11 is 0. The highest BCUT2D eigenvalue weighted by atomic mass is 32.2. The number of nitrogens with zero attached hydrogens (tertiary/aromatic N) is 1. The van der Waals surface area contributed by atoms with Crippen LogP contribution in [0.5, 0.6) is 0 Å². The van der Waals surface area contributed by atoms with Gasteiger partial charge in [0, 0.05) is 30.8 Å². The number of likely N-dealkylation sites (tertiary alicyclic amines) is 1. The molecular weight excluding hydrogens is 630 g/mol. The Balaban J connectivity index is 0.00000257. The van der Waals surface area contributed by atoms with Gasteiger partial charge in [-0.3, -0.25) is 19.2 Å². The third kappa shape index (κ3) is 12.1. The topological polar surface area (TPSA) is 147 Å². The summed E-state index contributed by atoms with van der Waals surface area (Å²) in [6, 6.07) is -1.85. The number of rotatable bonds is 15. The van der Waals surface area contributed by atoms with Gasteiger partial charge in [0.15, 0.2) is 21.4 Å². The van der Waals surface area contributed by atoms with Gasteiger partial charge in [0.05, 0.1) is 16.5 Å². The van der Waals surface area contributed by atoms with Gasteiger partial charge in [-0.05, 0) is 97.8 Å². The van der Waals surface area contributed by atoms with Gasteiger partial charge in [0.1, 0.15) is 6.04 Å². The van der Waals surface area contributed by atoms with Crippen LogP contribution >= 0.6 is 0 Å². The van der Waals surface area contributed by atoms with E-state index in [1.807, 2.05) is 20.8 Å². The average Bonchev–Trinajstić information content (AvgIpc) is 3.65. The van der Waals surface area contributed by atoms with Crippen molar-refractivity contribution in [3.05, 3.63) is 12.7 Å². The molecule has 0 radical (unpaired) electrons. The van der Waals surface area contributed by atoms with E-state index < -0.39 is 55.7 Å². The van der Waals surface area contributed by atoms with E-state index in [1.165, 1.54) is 6.42 Å². The van der Waals surface area contributed by atoms with Crippen LogP contribution in [0.2, 0.25) is 0 Å². The summed E-state index contributed by atoms with van der Waals surface area (Å²) in [6.45, 7) is 18.8. The highest BCUT2D eigenvalue weighted by Crippen LogP contribution is 2.50. The second-order valence-corrected chi connectivity index (χ2v) is 18.9. The van der Waals surface area contributed by atoms with Gasteiger partial charge in [-0.1, -0.05) is 45.6 Å². The first-order chi connectivity index (χ1) is 22.3. The second kappa shape index (κ2) is 17.9. The van der Waals surface area contributed by atoms with Crippen LogP contribution in [0.3, 0.4) is 0 Å². The number of amides is 3. The number of carbonyl (C=O) groups is 5. The number of hydrogen-bond donors (Lipinski definition) is 2. The van der Waals surface area contributed by atoms with Crippen LogP contribution in [0.25, 0.3) is 0 Å². The molecule has 274 valence electrons. The fraction of sp³-hybridized carbons (Fsp3) is 0.811. The zero-order chi connectivity index (χ0) is 36.4. The molecule has 1 unspecified atom stereocenters. The van der Waals surface area contributed by atoms with E-state index >= 15 is 0 Å². The fourth-order valence-corrected chi connectivity index (χ4v) is 7.87. The molecule has 0 aromatic rings. The molecule has 0 aromatic carbocycles. The lowest BCUT2D eigenvalue weighted by molar-refractivity contribution is -0.143. The molecule has 1 heterocycles. The molecule has 3 amide bonds. The quantitative estimate of drug-likeness (QED) is 0.159. The third-order valence-electron chi connectivity index (χ3n) is 9.49. The predicted molar refractivity (Wildman–Crippen MR) is 190 cm³/mol. The minimum absolute atomic E-state index is 0.0188. The van der Waals surface area contributed by atoms with Crippen molar-refractivity contribution in [1.82, 2.24) is 15.5 Å². The van der Waals surface area contributed by atoms with E-state index in [0.717, 1.165) is 38.5 Å². The number of piperidine rings is 1. The summed E-state index contributed by atoms with van der Waals surface area (Å²) in [7, 11) is -3.43. The Morgan fingerprint density at radius 1 is 0.979 bits per heavy atom. The van der Waals surface area contributed by atoms with Crippen molar-refractivity contribution in [1.29, 1.82) is 0 Å². The molecular formula is C37H63N3O7S. The highest BCUT2D eigenvalue weighted by molar-refractivity contribution is 7.92. The molecule has 48 heavy (non-hydrogen) atoms. The van der Waals surface area contributed by atoms with Crippen LogP contribution in [-0.2, 0) is 29.0 Å². The number of allylic oxidation sites excluding steroid dienone is 1. The van der Waals surface area contributed by atoms with E-state index in [9.17, 15) is 32.4 Å². The molecule has 5 atom stereocenters. The maximum Gasteiger partial charge on any atom is 0.315 e. The van der Waals surface area contributed by atoms with E-state index in [0.29, 0.717) is 13.0 Å². The zero-order valence-electron chi connectivity index (χ0n) is 30.9. The van der Waals surface area contributed by atoms with Crippen molar-refractivity contribution < 1.29 is 32.4 Å². The van der Waals surface area contributed by atoms with Crippen LogP contribution in [0.15, 0.2) is 12.7 Å². The minimum Gasteiger partial charge on any atom is -0.334 e. The standard InChI is InChI=1S/C34H55N3O7S.C3H8/c1-8-9-14-23(30(40)26(38)17-13-18-45(43,44)34(5,6)7)20-27(39)29-25-19-24(25)21-37(29)31(41)28(22-15-11-10-12-16-22)35-32(42)36-33(2,3)4;1-3-2/h8,22-25,28-29H,1,9-21H2,2-7H3,(H2,35,36,42);3H2,1-2H3/t23?,24-,25-,28-,29-;/m0./s1. The number of ketones is 3. The summed E-state index contributed by atoms with van der Waals surface area (Å²) in [5, 5.41) is 5.83. The van der Waals surface area contributed by atoms with Crippen molar-refractivity contribution in [2.24, 2.45) is 23.7 Å². The van der Waals surface area contributed by atoms with E-state index in [-0.39, 0.29) is 60.9 Å². The molecule has 2 aliphatic carbocycles. The molecule has 3 rings (SSSR count). The Hall–Kier alpha value is -2.56. The number of sulfone groups is 1. The first-order valence-electron chi connectivity index (χ1n) is 18.1. The van der Waals surface area contributed by atoms with Crippen molar-refractivity contribution >= 4 is 39.1 Å². The Morgan fingerprint density at radius 3 is 2.12 bits per heavy atom. The smallest absolute Gasteiger partial charge is 0.315 e. The molecule has 0 bridgehead atoms. The first-order valence-corrected chi connectivity index (χ1v) is 19.7.